The number of methoxy groups -OCH3 is 1. The number of nitrogens with zero attached hydrogens (tertiary/aromatic N) is 2. The average molecular weight is 289 g/mol. The molecule has 0 bridgehead atoms. The topological polar surface area (TPSA) is 80.1 Å². The summed E-state index contributed by atoms with van der Waals surface area (Å²) in [6.07, 6.45) is 2.69. The van der Waals surface area contributed by atoms with Gasteiger partial charge in [-0.15, -0.1) is 5.10 Å². The lowest BCUT2D eigenvalue weighted by Gasteiger charge is -1.90. The maximum absolute atomic E-state index is 11.5. The van der Waals surface area contributed by atoms with Crippen molar-refractivity contribution >= 4 is 35.0 Å². The van der Waals surface area contributed by atoms with E-state index in [0.717, 1.165) is 23.4 Å². The summed E-state index contributed by atoms with van der Waals surface area (Å²) in [5, 5.41) is 10.6. The summed E-state index contributed by atoms with van der Waals surface area (Å²) in [6.45, 7) is 0. The maximum atomic E-state index is 11.5. The van der Waals surface area contributed by atoms with Crippen molar-refractivity contribution in [3.05, 3.63) is 46.9 Å². The second kappa shape index (κ2) is 6.67. The first-order valence-electron chi connectivity index (χ1n) is 5.64. The van der Waals surface area contributed by atoms with E-state index in [1.54, 1.807) is 6.21 Å². The Morgan fingerprint density at radius 3 is 2.80 bits per heavy atom. The number of esters is 1. The van der Waals surface area contributed by atoms with Gasteiger partial charge < -0.3 is 4.74 Å². The molecular weight excluding hydrogens is 278 g/mol. The predicted molar refractivity (Wildman–Crippen MR) is 77.3 cm³/mol. The van der Waals surface area contributed by atoms with Crippen molar-refractivity contribution in [2.24, 2.45) is 10.2 Å². The van der Waals surface area contributed by atoms with E-state index in [-0.39, 0.29) is 4.91 Å². The molecule has 1 aliphatic heterocycles. The van der Waals surface area contributed by atoms with Crippen LogP contribution in [0.15, 0.2) is 51.5 Å². The van der Waals surface area contributed by atoms with Gasteiger partial charge in [-0.25, -0.2) is 4.79 Å². The number of carbonyl (C=O) groups is 2. The summed E-state index contributed by atoms with van der Waals surface area (Å²) in [7, 11) is 1.25. The van der Waals surface area contributed by atoms with Crippen LogP contribution in [0.4, 0.5) is 0 Å². The standard InChI is InChI=1S/C13H11N3O3S/c1-19-11(17)7-10-12(18)15-13(20-10)16-14-8-9-5-3-2-4-6-9/h2-8H,1H3,(H,15,16,18). The molecule has 0 radical (unpaired) electrons. The van der Waals surface area contributed by atoms with Crippen molar-refractivity contribution in [3.63, 3.8) is 0 Å². The lowest BCUT2D eigenvalue weighted by molar-refractivity contribution is -0.135. The quantitative estimate of drug-likeness (QED) is 0.393. The molecule has 102 valence electrons. The summed E-state index contributed by atoms with van der Waals surface area (Å²) < 4.78 is 4.46. The maximum Gasteiger partial charge on any atom is 0.331 e. The summed E-state index contributed by atoms with van der Waals surface area (Å²) in [6, 6.07) is 9.44. The third-order valence-corrected chi connectivity index (χ3v) is 3.16. The summed E-state index contributed by atoms with van der Waals surface area (Å²) in [5.41, 5.74) is 0.900. The van der Waals surface area contributed by atoms with Crippen LogP contribution in [-0.4, -0.2) is 30.4 Å². The van der Waals surface area contributed by atoms with Gasteiger partial charge in [0.1, 0.15) is 0 Å². The van der Waals surface area contributed by atoms with E-state index in [4.69, 9.17) is 0 Å². The van der Waals surface area contributed by atoms with Crippen LogP contribution in [0.3, 0.4) is 0 Å². The van der Waals surface area contributed by atoms with Crippen molar-refractivity contribution in [3.8, 4) is 0 Å². The number of carbonyl (C=O) groups excluding carboxylic acids is 2. The number of amidine groups is 1. The van der Waals surface area contributed by atoms with Crippen LogP contribution >= 0.6 is 11.8 Å². The fourth-order valence-corrected chi connectivity index (χ4v) is 2.07. The van der Waals surface area contributed by atoms with E-state index in [0.29, 0.717) is 5.17 Å². The van der Waals surface area contributed by atoms with Crippen LogP contribution in [-0.2, 0) is 14.3 Å². The van der Waals surface area contributed by atoms with E-state index < -0.39 is 11.9 Å². The van der Waals surface area contributed by atoms with Crippen LogP contribution < -0.4 is 5.32 Å². The van der Waals surface area contributed by atoms with Crippen LogP contribution in [0.5, 0.6) is 0 Å². The minimum Gasteiger partial charge on any atom is -0.466 e. The Morgan fingerprint density at radius 1 is 1.35 bits per heavy atom. The van der Waals surface area contributed by atoms with E-state index in [1.165, 1.54) is 7.11 Å². The molecule has 1 aliphatic rings. The Kier molecular flexibility index (Phi) is 4.67. The number of benzene rings is 1. The molecule has 2 rings (SSSR count). The third-order valence-electron chi connectivity index (χ3n) is 2.26. The molecule has 6 nitrogen and oxygen atoms in total. The van der Waals surface area contributed by atoms with E-state index in [9.17, 15) is 9.59 Å². The van der Waals surface area contributed by atoms with Gasteiger partial charge >= 0.3 is 5.97 Å². The van der Waals surface area contributed by atoms with E-state index in [2.05, 4.69) is 20.3 Å². The minimum absolute atomic E-state index is 0.227. The molecule has 1 saturated heterocycles. The van der Waals surface area contributed by atoms with Gasteiger partial charge in [-0.3, -0.25) is 10.1 Å². The highest BCUT2D eigenvalue weighted by molar-refractivity contribution is 8.18. The molecule has 1 heterocycles. The monoisotopic (exact) mass is 289 g/mol. The third kappa shape index (κ3) is 3.79. The van der Waals surface area contributed by atoms with Gasteiger partial charge in [-0.05, 0) is 17.3 Å². The molecule has 20 heavy (non-hydrogen) atoms. The smallest absolute Gasteiger partial charge is 0.331 e. The summed E-state index contributed by atoms with van der Waals surface area (Å²) >= 11 is 1.03. The van der Waals surface area contributed by atoms with Crippen molar-refractivity contribution in [2.75, 3.05) is 7.11 Å². The highest BCUT2D eigenvalue weighted by atomic mass is 32.2. The van der Waals surface area contributed by atoms with Gasteiger partial charge in [0.15, 0.2) is 5.17 Å². The molecule has 0 aliphatic carbocycles. The van der Waals surface area contributed by atoms with Crippen LogP contribution in [0.1, 0.15) is 5.56 Å². The number of amides is 1. The second-order valence-electron chi connectivity index (χ2n) is 3.65. The van der Waals surface area contributed by atoms with Crippen molar-refractivity contribution in [1.29, 1.82) is 0 Å². The Morgan fingerprint density at radius 2 is 2.10 bits per heavy atom. The molecule has 0 aromatic heterocycles. The zero-order valence-corrected chi connectivity index (χ0v) is 11.4. The number of hydrogen-bond acceptors (Lipinski definition) is 6. The predicted octanol–water partition coefficient (Wildman–Crippen LogP) is 1.30. The van der Waals surface area contributed by atoms with Gasteiger partial charge in [-0.2, -0.15) is 5.10 Å². The molecule has 0 atom stereocenters. The number of rotatable bonds is 3. The molecule has 0 spiro atoms. The summed E-state index contributed by atoms with van der Waals surface area (Å²) in [4.78, 5) is 22.8. The van der Waals surface area contributed by atoms with Gasteiger partial charge in [-0.1, -0.05) is 30.3 Å². The van der Waals surface area contributed by atoms with E-state index >= 15 is 0 Å². The Labute approximate surface area is 119 Å². The number of hydrogen-bond donors (Lipinski definition) is 1. The largest absolute Gasteiger partial charge is 0.466 e. The first-order valence-corrected chi connectivity index (χ1v) is 6.45. The highest BCUT2D eigenvalue weighted by Crippen LogP contribution is 2.23. The van der Waals surface area contributed by atoms with Gasteiger partial charge in [0.2, 0.25) is 0 Å². The molecule has 1 aromatic rings. The fourth-order valence-electron chi connectivity index (χ4n) is 1.33. The number of thioether (sulfide) groups is 1. The Balaban J connectivity index is 2.03. The lowest BCUT2D eigenvalue weighted by atomic mass is 10.2. The lowest BCUT2D eigenvalue weighted by Crippen LogP contribution is -2.19. The van der Waals surface area contributed by atoms with Crippen molar-refractivity contribution < 1.29 is 14.3 Å². The zero-order valence-electron chi connectivity index (χ0n) is 10.6. The Hall–Kier alpha value is -2.41. The molecule has 7 heteroatoms. The molecular formula is C13H11N3O3S. The van der Waals surface area contributed by atoms with E-state index in [1.807, 2.05) is 30.3 Å². The average Bonchev–Trinajstić information content (AvgIpc) is 2.80. The number of nitrogens with one attached hydrogen (secondary N) is 1. The normalized spacial score (nSPS) is 18.8. The first kappa shape index (κ1) is 14.0. The SMILES string of the molecule is COC(=O)C=C1SC(=NN=Cc2ccccc2)NC1=O. The highest BCUT2D eigenvalue weighted by Gasteiger charge is 2.24. The second-order valence-corrected chi connectivity index (χ2v) is 4.68. The van der Waals surface area contributed by atoms with Crippen molar-refractivity contribution in [1.82, 2.24) is 5.32 Å². The van der Waals surface area contributed by atoms with Crippen LogP contribution in [0.25, 0.3) is 0 Å². The summed E-state index contributed by atoms with van der Waals surface area (Å²) in [5.74, 6) is -0.981. The first-order chi connectivity index (χ1) is 9.69. The molecule has 0 saturated carbocycles. The molecule has 1 N–H and O–H groups in total. The van der Waals surface area contributed by atoms with Gasteiger partial charge in [0, 0.05) is 6.08 Å². The molecule has 1 fully saturated rings. The van der Waals surface area contributed by atoms with Crippen LogP contribution in [0.2, 0.25) is 0 Å². The number of ether oxygens (including phenoxy) is 1. The molecule has 0 unspecified atom stereocenters. The zero-order chi connectivity index (χ0) is 14.4. The van der Waals surface area contributed by atoms with Gasteiger partial charge in [0.25, 0.3) is 5.91 Å². The fraction of sp³-hybridized carbons (Fsp3) is 0.0769. The Bertz CT molecular complexity index is 609. The van der Waals surface area contributed by atoms with Crippen molar-refractivity contribution in [2.45, 2.75) is 0 Å². The van der Waals surface area contributed by atoms with Gasteiger partial charge in [0.05, 0.1) is 18.2 Å². The molecule has 1 aromatic carbocycles. The van der Waals surface area contributed by atoms with Crippen LogP contribution in [0, 0.1) is 0 Å². The minimum atomic E-state index is -0.586. The molecule has 1 amide bonds.